The molecule has 0 fully saturated rings. The highest BCUT2D eigenvalue weighted by atomic mass is 32.2. The molecule has 1 atom stereocenters. The van der Waals surface area contributed by atoms with Crippen molar-refractivity contribution in [1.82, 2.24) is 4.98 Å². The maximum absolute atomic E-state index is 6.17. The molecule has 0 saturated heterocycles. The molecule has 0 bridgehead atoms. The quantitative estimate of drug-likeness (QED) is 0.701. The van der Waals surface area contributed by atoms with Crippen LogP contribution in [0.25, 0.3) is 0 Å². The molecule has 23 heavy (non-hydrogen) atoms. The fourth-order valence-electron chi connectivity index (χ4n) is 2.41. The summed E-state index contributed by atoms with van der Waals surface area (Å²) in [7, 11) is 0. The lowest BCUT2D eigenvalue weighted by Gasteiger charge is -2.25. The van der Waals surface area contributed by atoms with Gasteiger partial charge in [-0.2, -0.15) is 0 Å². The summed E-state index contributed by atoms with van der Waals surface area (Å²) in [5.41, 5.74) is 1.75. The summed E-state index contributed by atoms with van der Waals surface area (Å²) in [5.74, 6) is 1.36. The van der Waals surface area contributed by atoms with Crippen molar-refractivity contribution < 1.29 is 4.74 Å². The third-order valence-electron chi connectivity index (χ3n) is 3.49. The molecular weight excluding hydrogens is 304 g/mol. The van der Waals surface area contributed by atoms with Gasteiger partial charge in [-0.1, -0.05) is 60.3 Å². The van der Waals surface area contributed by atoms with E-state index in [4.69, 9.17) is 9.73 Å². The smallest absolute Gasteiger partial charge is 0.195 e. The van der Waals surface area contributed by atoms with E-state index in [0.29, 0.717) is 5.82 Å². The lowest BCUT2D eigenvalue weighted by atomic mass is 10.1. The minimum atomic E-state index is -0.198. The van der Waals surface area contributed by atoms with E-state index in [9.17, 15) is 0 Å². The molecule has 1 aliphatic heterocycles. The lowest BCUT2D eigenvalue weighted by molar-refractivity contribution is 0.342. The molecule has 0 saturated carbocycles. The maximum Gasteiger partial charge on any atom is 0.195 e. The van der Waals surface area contributed by atoms with Crippen LogP contribution in [0, 0.1) is 0 Å². The number of ether oxygens (including phenoxy) is 1. The van der Waals surface area contributed by atoms with E-state index < -0.39 is 0 Å². The van der Waals surface area contributed by atoms with E-state index in [2.05, 4.69) is 29.2 Å². The van der Waals surface area contributed by atoms with Gasteiger partial charge in [-0.05, 0) is 24.3 Å². The topological polar surface area (TPSA) is 34.5 Å². The molecule has 3 nitrogen and oxygen atoms in total. The number of thioether (sulfide) groups is 1. The molecule has 3 aromatic rings. The summed E-state index contributed by atoms with van der Waals surface area (Å²) in [6.07, 6.45) is 1.74. The molecule has 4 heteroatoms. The summed E-state index contributed by atoms with van der Waals surface area (Å²) in [6, 6.07) is 24.1. The maximum atomic E-state index is 6.17. The van der Waals surface area contributed by atoms with Crippen molar-refractivity contribution in [2.45, 2.75) is 10.3 Å². The molecule has 4 rings (SSSR count). The standard InChI is InChI=1S/C19H14N2OS/c1-3-8-14(9-4-1)17-19(23-15-10-5-2-6-11-15)22-16-12-7-13-20-18(16)21-17/h1-13,19H. The SMILES string of the molecule is c1ccc(SC2Oc3cccnc3N=C2c2ccccc2)cc1. The van der Waals surface area contributed by atoms with Crippen LogP contribution in [0.2, 0.25) is 0 Å². The summed E-state index contributed by atoms with van der Waals surface area (Å²) in [6.45, 7) is 0. The molecule has 0 N–H and O–H groups in total. The Labute approximate surface area is 139 Å². The van der Waals surface area contributed by atoms with Crippen LogP contribution in [0.1, 0.15) is 5.56 Å². The van der Waals surface area contributed by atoms with Crippen LogP contribution in [0.5, 0.6) is 5.75 Å². The number of aromatic nitrogens is 1. The van der Waals surface area contributed by atoms with Crippen molar-refractivity contribution in [1.29, 1.82) is 0 Å². The zero-order valence-corrected chi connectivity index (χ0v) is 13.1. The number of fused-ring (bicyclic) bond motifs is 1. The number of pyridine rings is 1. The first-order valence-corrected chi connectivity index (χ1v) is 8.25. The number of nitrogens with zero attached hydrogens (tertiary/aromatic N) is 2. The molecule has 0 aliphatic carbocycles. The van der Waals surface area contributed by atoms with Crippen LogP contribution in [-0.2, 0) is 0 Å². The van der Waals surface area contributed by atoms with Crippen LogP contribution >= 0.6 is 11.8 Å². The highest BCUT2D eigenvalue weighted by Gasteiger charge is 2.27. The van der Waals surface area contributed by atoms with Gasteiger partial charge in [-0.15, -0.1) is 0 Å². The van der Waals surface area contributed by atoms with Crippen molar-refractivity contribution in [3.8, 4) is 5.75 Å². The van der Waals surface area contributed by atoms with Crippen molar-refractivity contribution in [3.63, 3.8) is 0 Å². The second-order valence-electron chi connectivity index (χ2n) is 5.07. The number of aliphatic imine (C=N–C) groups is 1. The number of rotatable bonds is 3. The zero-order chi connectivity index (χ0) is 15.5. The van der Waals surface area contributed by atoms with E-state index >= 15 is 0 Å². The van der Waals surface area contributed by atoms with Crippen LogP contribution in [-0.4, -0.2) is 16.1 Å². The summed E-state index contributed by atoms with van der Waals surface area (Å²) in [5, 5.41) is 0. The van der Waals surface area contributed by atoms with Gasteiger partial charge in [0.1, 0.15) is 5.71 Å². The monoisotopic (exact) mass is 318 g/mol. The van der Waals surface area contributed by atoms with E-state index in [0.717, 1.165) is 21.9 Å². The van der Waals surface area contributed by atoms with Gasteiger partial charge >= 0.3 is 0 Å². The third-order valence-corrected chi connectivity index (χ3v) is 4.57. The highest BCUT2D eigenvalue weighted by Crippen LogP contribution is 2.37. The second kappa shape index (κ2) is 6.26. The molecule has 0 spiro atoms. The summed E-state index contributed by atoms with van der Waals surface area (Å²) in [4.78, 5) is 10.2. The third kappa shape index (κ3) is 2.98. The fraction of sp³-hybridized carbons (Fsp3) is 0.0526. The summed E-state index contributed by atoms with van der Waals surface area (Å²) >= 11 is 1.65. The molecule has 112 valence electrons. The van der Waals surface area contributed by atoms with Gasteiger partial charge in [0.2, 0.25) is 0 Å². The zero-order valence-electron chi connectivity index (χ0n) is 12.3. The molecule has 1 aliphatic rings. The molecular formula is C19H14N2OS. The highest BCUT2D eigenvalue weighted by molar-refractivity contribution is 8.00. The van der Waals surface area contributed by atoms with Crippen molar-refractivity contribution >= 4 is 23.3 Å². The van der Waals surface area contributed by atoms with Gasteiger partial charge in [0.05, 0.1) is 0 Å². The number of hydrogen-bond acceptors (Lipinski definition) is 4. The molecule has 1 unspecified atom stereocenters. The first kappa shape index (κ1) is 14.0. The lowest BCUT2D eigenvalue weighted by Crippen LogP contribution is -2.27. The van der Waals surface area contributed by atoms with Crippen molar-refractivity contribution in [3.05, 3.63) is 84.6 Å². The Bertz CT molecular complexity index is 834. The Morgan fingerprint density at radius 1 is 0.826 bits per heavy atom. The molecule has 2 aromatic carbocycles. The van der Waals surface area contributed by atoms with E-state index in [1.54, 1.807) is 18.0 Å². The van der Waals surface area contributed by atoms with Crippen LogP contribution in [0.3, 0.4) is 0 Å². The Morgan fingerprint density at radius 3 is 2.35 bits per heavy atom. The molecule has 1 aromatic heterocycles. The van der Waals surface area contributed by atoms with Crippen LogP contribution in [0.4, 0.5) is 5.82 Å². The Kier molecular flexibility index (Phi) is 3.82. The van der Waals surface area contributed by atoms with Gasteiger partial charge in [0, 0.05) is 16.7 Å². The first-order valence-electron chi connectivity index (χ1n) is 7.37. The Balaban J connectivity index is 1.75. The summed E-state index contributed by atoms with van der Waals surface area (Å²) < 4.78 is 6.17. The van der Waals surface area contributed by atoms with Gasteiger partial charge < -0.3 is 4.74 Å². The molecule has 2 heterocycles. The second-order valence-corrected chi connectivity index (χ2v) is 6.20. The average Bonchev–Trinajstić information content (AvgIpc) is 2.63. The van der Waals surface area contributed by atoms with E-state index in [-0.39, 0.29) is 5.44 Å². The van der Waals surface area contributed by atoms with Gasteiger partial charge in [-0.3, -0.25) is 0 Å². The van der Waals surface area contributed by atoms with Crippen LogP contribution in [0.15, 0.2) is 88.9 Å². The van der Waals surface area contributed by atoms with E-state index in [1.165, 1.54) is 0 Å². The van der Waals surface area contributed by atoms with Crippen molar-refractivity contribution in [2.24, 2.45) is 4.99 Å². The Morgan fingerprint density at radius 2 is 1.57 bits per heavy atom. The first-order chi connectivity index (χ1) is 11.4. The molecule has 0 amide bonds. The molecule has 0 radical (unpaired) electrons. The number of hydrogen-bond donors (Lipinski definition) is 0. The largest absolute Gasteiger partial charge is 0.469 e. The van der Waals surface area contributed by atoms with E-state index in [1.807, 2.05) is 48.5 Å². The minimum absolute atomic E-state index is 0.198. The fourth-order valence-corrected chi connectivity index (χ4v) is 3.42. The average molecular weight is 318 g/mol. The van der Waals surface area contributed by atoms with Crippen LogP contribution < -0.4 is 4.74 Å². The predicted octanol–water partition coefficient (Wildman–Crippen LogP) is 4.71. The van der Waals surface area contributed by atoms with Gasteiger partial charge in [-0.25, -0.2) is 9.98 Å². The number of benzene rings is 2. The normalized spacial score (nSPS) is 16.2. The van der Waals surface area contributed by atoms with Crippen molar-refractivity contribution in [2.75, 3.05) is 0 Å². The predicted molar refractivity (Wildman–Crippen MR) is 93.6 cm³/mol. The minimum Gasteiger partial charge on any atom is -0.469 e. The Hall–Kier alpha value is -2.59. The van der Waals surface area contributed by atoms with Gasteiger partial charge in [0.25, 0.3) is 0 Å². The van der Waals surface area contributed by atoms with Gasteiger partial charge in [0.15, 0.2) is 17.0 Å².